The maximum atomic E-state index is 2.38. The molecule has 28 heavy (non-hydrogen) atoms. The molecule has 0 bridgehead atoms. The van der Waals surface area contributed by atoms with Crippen LogP contribution in [0.5, 0.6) is 0 Å². The lowest BCUT2D eigenvalue weighted by Gasteiger charge is -2.43. The predicted molar refractivity (Wildman–Crippen MR) is 137 cm³/mol. The van der Waals surface area contributed by atoms with Crippen molar-refractivity contribution >= 4 is 0 Å². The SMILES string of the molecule is C1CCC1.CC.CC.CC.CC.CC.CC1CC(C2CCC2)C1.CC1CCC1. The van der Waals surface area contributed by atoms with Crippen LogP contribution >= 0.6 is 0 Å². The first-order chi connectivity index (χ1) is 13.8. The molecule has 4 aliphatic carbocycles. The minimum absolute atomic E-state index is 1.06. The topological polar surface area (TPSA) is 0 Å². The van der Waals surface area contributed by atoms with E-state index >= 15 is 0 Å². The van der Waals surface area contributed by atoms with E-state index in [9.17, 15) is 0 Å². The Balaban J connectivity index is -0.000000132. The zero-order valence-electron chi connectivity index (χ0n) is 22.8. The molecule has 0 N–H and O–H groups in total. The molecule has 0 aromatic rings. The molecule has 0 heterocycles. The summed E-state index contributed by atoms with van der Waals surface area (Å²) in [5, 5.41) is 0. The molecule has 0 heteroatoms. The van der Waals surface area contributed by atoms with E-state index in [1.165, 1.54) is 57.3 Å². The van der Waals surface area contributed by atoms with Crippen molar-refractivity contribution in [3.8, 4) is 0 Å². The zero-order chi connectivity index (χ0) is 22.8. The smallest absolute Gasteiger partial charge is 0.0381 e. The second-order valence-electron chi connectivity index (χ2n) is 7.48. The standard InChI is InChI=1S/C9H16.C5H10.C4H8.5C2H6/c1-7-5-9(6-7)8-3-2-4-8;1-5-3-2-4-5;1-2-4-3-1;5*1-2/h7-9H,2-6H2,1H3;5H,2-4H2,1H3;1-4H2;5*1-2H3. The third-order valence-electron chi connectivity index (χ3n) is 5.62. The van der Waals surface area contributed by atoms with Crippen LogP contribution in [-0.4, -0.2) is 0 Å². The average molecular weight is 401 g/mol. The molecule has 176 valence electrons. The summed E-state index contributed by atoms with van der Waals surface area (Å²) in [4.78, 5) is 0. The van der Waals surface area contributed by atoms with Gasteiger partial charge in [0.25, 0.3) is 0 Å². The fraction of sp³-hybridized carbons (Fsp3) is 1.00. The van der Waals surface area contributed by atoms with Gasteiger partial charge in [-0.05, 0) is 36.5 Å². The number of rotatable bonds is 1. The summed E-state index contributed by atoms with van der Waals surface area (Å²) in [5.74, 6) is 4.46. The van der Waals surface area contributed by atoms with Gasteiger partial charge >= 0.3 is 0 Å². The largest absolute Gasteiger partial charge is 0.0683 e. The van der Waals surface area contributed by atoms with Gasteiger partial charge in [0.15, 0.2) is 0 Å². The lowest BCUT2D eigenvalue weighted by atomic mass is 9.63. The Kier molecular flexibility index (Phi) is 40.1. The average Bonchev–Trinajstić information content (AvgIpc) is 2.65. The highest BCUT2D eigenvalue weighted by molar-refractivity contribution is 4.86. The normalized spacial score (nSPS) is 23.1. The van der Waals surface area contributed by atoms with Gasteiger partial charge in [-0.3, -0.25) is 0 Å². The molecule has 0 spiro atoms. The summed E-state index contributed by atoms with van der Waals surface area (Å²) in [5.41, 5.74) is 0. The lowest BCUT2D eigenvalue weighted by Crippen LogP contribution is -2.32. The van der Waals surface area contributed by atoms with Crippen LogP contribution < -0.4 is 0 Å². The molecule has 0 amide bonds. The molecule has 4 saturated carbocycles. The van der Waals surface area contributed by atoms with Crippen molar-refractivity contribution in [1.29, 1.82) is 0 Å². The molecule has 4 rings (SSSR count). The Morgan fingerprint density at radius 2 is 0.643 bits per heavy atom. The predicted octanol–water partition coefficient (Wildman–Crippen LogP) is 11.3. The second kappa shape index (κ2) is 31.7. The van der Waals surface area contributed by atoms with Crippen molar-refractivity contribution in [2.45, 2.75) is 160 Å². The number of hydrogen-bond acceptors (Lipinski definition) is 0. The van der Waals surface area contributed by atoms with Gasteiger partial charge in [-0.25, -0.2) is 0 Å². The van der Waals surface area contributed by atoms with Crippen LogP contribution in [0.15, 0.2) is 0 Å². The van der Waals surface area contributed by atoms with Gasteiger partial charge in [0.05, 0.1) is 0 Å². The third kappa shape index (κ3) is 20.7. The van der Waals surface area contributed by atoms with E-state index in [1.807, 2.05) is 69.2 Å². The first-order valence-electron chi connectivity index (χ1n) is 13.8. The van der Waals surface area contributed by atoms with Gasteiger partial charge in [0, 0.05) is 0 Å². The van der Waals surface area contributed by atoms with Crippen LogP contribution in [0.3, 0.4) is 0 Å². The van der Waals surface area contributed by atoms with Crippen molar-refractivity contribution in [3.05, 3.63) is 0 Å². The Bertz CT molecular complexity index is 198. The van der Waals surface area contributed by atoms with Crippen molar-refractivity contribution in [2.24, 2.45) is 23.7 Å². The van der Waals surface area contributed by atoms with Crippen molar-refractivity contribution in [3.63, 3.8) is 0 Å². The van der Waals surface area contributed by atoms with Gasteiger partial charge in [-0.15, -0.1) is 0 Å². The highest BCUT2D eigenvalue weighted by Crippen LogP contribution is 2.46. The quantitative estimate of drug-likeness (QED) is 0.410. The summed E-state index contributed by atoms with van der Waals surface area (Å²) in [6, 6.07) is 0. The van der Waals surface area contributed by atoms with Crippen LogP contribution in [-0.2, 0) is 0 Å². The highest BCUT2D eigenvalue weighted by atomic mass is 14.4. The molecular weight excluding hydrogens is 336 g/mol. The van der Waals surface area contributed by atoms with E-state index in [2.05, 4.69) is 13.8 Å². The molecule has 0 aliphatic heterocycles. The Morgan fingerprint density at radius 1 is 0.357 bits per heavy atom. The fourth-order valence-corrected chi connectivity index (χ4v) is 3.12. The molecule has 0 aromatic heterocycles. The Hall–Kier alpha value is 0. The van der Waals surface area contributed by atoms with E-state index in [-0.39, 0.29) is 0 Å². The molecular formula is C28H64. The highest BCUT2D eigenvalue weighted by Gasteiger charge is 2.34. The maximum Gasteiger partial charge on any atom is -0.0381 e. The van der Waals surface area contributed by atoms with Crippen molar-refractivity contribution in [1.82, 2.24) is 0 Å². The summed E-state index contributed by atoms with van der Waals surface area (Å²) < 4.78 is 0. The van der Waals surface area contributed by atoms with E-state index < -0.39 is 0 Å². The summed E-state index contributed by atoms with van der Waals surface area (Å²) >= 11 is 0. The zero-order valence-corrected chi connectivity index (χ0v) is 22.8. The van der Waals surface area contributed by atoms with E-state index in [1.54, 1.807) is 25.7 Å². The van der Waals surface area contributed by atoms with Crippen molar-refractivity contribution in [2.75, 3.05) is 0 Å². The minimum Gasteiger partial charge on any atom is -0.0683 e. The van der Waals surface area contributed by atoms with Gasteiger partial charge in [-0.1, -0.05) is 147 Å². The summed E-state index contributed by atoms with van der Waals surface area (Å²) in [6.07, 6.45) is 18.2. The molecule has 0 radical (unpaired) electrons. The monoisotopic (exact) mass is 401 g/mol. The molecule has 0 nitrogen and oxygen atoms in total. The van der Waals surface area contributed by atoms with E-state index in [0.717, 1.165) is 17.8 Å². The lowest BCUT2D eigenvalue weighted by molar-refractivity contribution is 0.0833. The van der Waals surface area contributed by atoms with Crippen molar-refractivity contribution < 1.29 is 0 Å². The van der Waals surface area contributed by atoms with E-state index in [0.29, 0.717) is 0 Å². The molecule has 0 aromatic carbocycles. The molecule has 0 atom stereocenters. The molecule has 0 saturated heterocycles. The third-order valence-corrected chi connectivity index (χ3v) is 5.62. The van der Waals surface area contributed by atoms with Gasteiger partial charge in [0.1, 0.15) is 0 Å². The fourth-order valence-electron chi connectivity index (χ4n) is 3.12. The van der Waals surface area contributed by atoms with Crippen LogP contribution in [0, 0.1) is 23.7 Å². The second-order valence-corrected chi connectivity index (χ2v) is 7.48. The van der Waals surface area contributed by atoms with Crippen LogP contribution in [0.1, 0.15) is 160 Å². The Morgan fingerprint density at radius 3 is 0.750 bits per heavy atom. The molecule has 0 unspecified atom stereocenters. The Labute approximate surface area is 184 Å². The van der Waals surface area contributed by atoms with Gasteiger partial charge in [0.2, 0.25) is 0 Å². The van der Waals surface area contributed by atoms with Gasteiger partial charge < -0.3 is 0 Å². The van der Waals surface area contributed by atoms with Crippen LogP contribution in [0.25, 0.3) is 0 Å². The van der Waals surface area contributed by atoms with Gasteiger partial charge in [-0.2, -0.15) is 0 Å². The number of hydrogen-bond donors (Lipinski definition) is 0. The maximum absolute atomic E-state index is 2.38. The first-order valence-corrected chi connectivity index (χ1v) is 13.8. The molecule has 4 aliphatic rings. The van der Waals surface area contributed by atoms with E-state index in [4.69, 9.17) is 0 Å². The van der Waals surface area contributed by atoms with Crippen LogP contribution in [0.2, 0.25) is 0 Å². The van der Waals surface area contributed by atoms with Crippen LogP contribution in [0.4, 0.5) is 0 Å². The summed E-state index contributed by atoms with van der Waals surface area (Å²) in [6.45, 7) is 24.7. The first kappa shape index (κ1) is 35.4. The molecule has 4 fully saturated rings. The minimum atomic E-state index is 1.06. The summed E-state index contributed by atoms with van der Waals surface area (Å²) in [7, 11) is 0.